The topological polar surface area (TPSA) is 38.7 Å². The predicted molar refractivity (Wildman–Crippen MR) is 33.6 cm³/mol. The van der Waals surface area contributed by atoms with Gasteiger partial charge in [0.15, 0.2) is 5.90 Å². The molecule has 1 rings (SSSR count). The fourth-order valence-corrected chi connectivity index (χ4v) is 0.713. The Labute approximate surface area is 53.7 Å². The highest BCUT2D eigenvalue weighted by atomic mass is 16.5. The lowest BCUT2D eigenvalue weighted by atomic mass is 10.3. The largest absolute Gasteiger partial charge is 0.479 e. The highest BCUT2D eigenvalue weighted by Crippen LogP contribution is 1.99. The predicted octanol–water partition coefficient (Wildman–Crippen LogP) is 0.394. The summed E-state index contributed by atoms with van der Waals surface area (Å²) < 4.78 is 5.05. The minimum Gasteiger partial charge on any atom is -0.479 e. The van der Waals surface area contributed by atoms with Crippen LogP contribution in [0.15, 0.2) is 4.99 Å². The van der Waals surface area contributed by atoms with Crippen LogP contribution in [-0.2, 0) is 9.53 Å². The molecule has 3 nitrogen and oxygen atoms in total. The molecule has 3 heteroatoms. The van der Waals surface area contributed by atoms with Crippen LogP contribution in [0.2, 0.25) is 0 Å². The van der Waals surface area contributed by atoms with E-state index in [0.29, 0.717) is 19.4 Å². The maximum absolute atomic E-state index is 9.85. The van der Waals surface area contributed by atoms with Gasteiger partial charge in [0.05, 0.1) is 6.54 Å². The summed E-state index contributed by atoms with van der Waals surface area (Å²) in [7, 11) is 0. The molecule has 0 amide bonds. The lowest BCUT2D eigenvalue weighted by molar-refractivity contribution is -0.107. The van der Waals surface area contributed by atoms with E-state index in [1.807, 2.05) is 0 Å². The number of aliphatic imine (C=N–C) groups is 1. The number of hydrogen-bond donors (Lipinski definition) is 0. The summed E-state index contributed by atoms with van der Waals surface area (Å²) >= 11 is 0. The number of nitrogens with zero attached hydrogens (tertiary/aromatic N) is 1. The summed E-state index contributed by atoms with van der Waals surface area (Å²) in [6, 6.07) is 0. The molecule has 0 saturated heterocycles. The first-order valence-corrected chi connectivity index (χ1v) is 3.03. The summed E-state index contributed by atoms with van der Waals surface area (Å²) in [4.78, 5) is 13.9. The number of hydrogen-bond acceptors (Lipinski definition) is 3. The summed E-state index contributed by atoms with van der Waals surface area (Å²) in [5, 5.41) is 0. The van der Waals surface area contributed by atoms with Crippen LogP contribution in [0.4, 0.5) is 0 Å². The Hall–Kier alpha value is -0.860. The van der Waals surface area contributed by atoms with Crippen LogP contribution in [0.1, 0.15) is 12.8 Å². The minimum absolute atomic E-state index is 0.527. The maximum atomic E-state index is 9.85. The van der Waals surface area contributed by atoms with Crippen molar-refractivity contribution in [3.63, 3.8) is 0 Å². The summed E-state index contributed by atoms with van der Waals surface area (Å²) in [6.45, 7) is 1.45. The molecule has 1 aliphatic rings. The average molecular weight is 127 g/mol. The quantitative estimate of drug-likeness (QED) is 0.514. The van der Waals surface area contributed by atoms with Gasteiger partial charge < -0.3 is 9.53 Å². The lowest BCUT2D eigenvalue weighted by Crippen LogP contribution is -1.98. The Kier molecular flexibility index (Phi) is 2.24. The van der Waals surface area contributed by atoms with Crippen LogP contribution in [0.25, 0.3) is 0 Å². The van der Waals surface area contributed by atoms with Crippen LogP contribution in [0.5, 0.6) is 0 Å². The Morgan fingerprint density at radius 1 is 1.78 bits per heavy atom. The molecule has 0 aromatic rings. The molecular weight excluding hydrogens is 118 g/mol. The highest BCUT2D eigenvalue weighted by Gasteiger charge is 2.04. The Balaban J connectivity index is 2.18. The van der Waals surface area contributed by atoms with E-state index < -0.39 is 0 Å². The molecule has 1 aliphatic heterocycles. The lowest BCUT2D eigenvalue weighted by Gasteiger charge is -1.94. The molecule has 0 unspecified atom stereocenters. The number of aldehydes is 1. The Morgan fingerprint density at radius 3 is 3.22 bits per heavy atom. The molecule has 0 fully saturated rings. The van der Waals surface area contributed by atoms with Crippen molar-refractivity contribution in [2.45, 2.75) is 12.8 Å². The average Bonchev–Trinajstić information content (AvgIpc) is 2.34. The van der Waals surface area contributed by atoms with Crippen molar-refractivity contribution in [1.82, 2.24) is 0 Å². The van der Waals surface area contributed by atoms with Crippen molar-refractivity contribution in [2.24, 2.45) is 4.99 Å². The van der Waals surface area contributed by atoms with E-state index in [0.717, 1.165) is 18.7 Å². The molecule has 0 aromatic heterocycles. The first-order valence-electron chi connectivity index (χ1n) is 3.03. The maximum Gasteiger partial charge on any atom is 0.183 e. The zero-order chi connectivity index (χ0) is 6.53. The molecule has 0 bridgehead atoms. The van der Waals surface area contributed by atoms with E-state index in [2.05, 4.69) is 4.99 Å². The second-order valence-electron chi connectivity index (χ2n) is 1.83. The van der Waals surface area contributed by atoms with Crippen LogP contribution in [0, 0.1) is 0 Å². The zero-order valence-corrected chi connectivity index (χ0v) is 5.17. The van der Waals surface area contributed by atoms with Gasteiger partial charge in [-0.25, -0.2) is 0 Å². The van der Waals surface area contributed by atoms with Crippen molar-refractivity contribution < 1.29 is 9.53 Å². The number of carbonyl (C=O) groups is 1. The molecule has 0 N–H and O–H groups in total. The molecule has 9 heavy (non-hydrogen) atoms. The van der Waals surface area contributed by atoms with Gasteiger partial charge in [-0.05, 0) is 0 Å². The summed E-state index contributed by atoms with van der Waals surface area (Å²) in [5.74, 6) is 0.738. The third-order valence-corrected chi connectivity index (χ3v) is 1.12. The number of carbonyl (C=O) groups excluding carboxylic acids is 1. The van der Waals surface area contributed by atoms with Gasteiger partial charge in [0.2, 0.25) is 0 Å². The zero-order valence-electron chi connectivity index (χ0n) is 5.17. The molecule has 0 spiro atoms. The van der Waals surface area contributed by atoms with Crippen LogP contribution in [0.3, 0.4) is 0 Å². The summed E-state index contributed by atoms with van der Waals surface area (Å²) in [5.41, 5.74) is 0. The third kappa shape index (κ3) is 1.83. The van der Waals surface area contributed by atoms with Gasteiger partial charge in [0, 0.05) is 12.8 Å². The number of rotatable bonds is 3. The Morgan fingerprint density at radius 2 is 2.67 bits per heavy atom. The van der Waals surface area contributed by atoms with Gasteiger partial charge in [-0.2, -0.15) is 0 Å². The van der Waals surface area contributed by atoms with E-state index in [1.165, 1.54) is 0 Å². The van der Waals surface area contributed by atoms with Crippen LogP contribution < -0.4 is 0 Å². The second-order valence-corrected chi connectivity index (χ2v) is 1.83. The van der Waals surface area contributed by atoms with E-state index in [1.54, 1.807) is 0 Å². The first kappa shape index (κ1) is 6.26. The van der Waals surface area contributed by atoms with Gasteiger partial charge in [-0.3, -0.25) is 4.99 Å². The van der Waals surface area contributed by atoms with E-state index in [9.17, 15) is 4.79 Å². The van der Waals surface area contributed by atoms with Crippen molar-refractivity contribution in [1.29, 1.82) is 0 Å². The van der Waals surface area contributed by atoms with Crippen molar-refractivity contribution in [3.05, 3.63) is 0 Å². The molecule has 0 saturated carbocycles. The molecule has 1 heterocycles. The van der Waals surface area contributed by atoms with Gasteiger partial charge in [-0.1, -0.05) is 0 Å². The first-order chi connectivity index (χ1) is 4.43. The summed E-state index contributed by atoms with van der Waals surface area (Å²) in [6.07, 6.45) is 2.08. The molecule has 50 valence electrons. The normalized spacial score (nSPS) is 16.7. The van der Waals surface area contributed by atoms with Crippen molar-refractivity contribution in [3.8, 4) is 0 Å². The fourth-order valence-electron chi connectivity index (χ4n) is 0.713. The highest BCUT2D eigenvalue weighted by molar-refractivity contribution is 5.79. The third-order valence-electron chi connectivity index (χ3n) is 1.12. The van der Waals surface area contributed by atoms with Gasteiger partial charge in [0.25, 0.3) is 0 Å². The van der Waals surface area contributed by atoms with Gasteiger partial charge in [0.1, 0.15) is 12.9 Å². The molecule has 0 atom stereocenters. The number of ether oxygens (including phenoxy) is 1. The SMILES string of the molecule is O=CCCC1=NCCO1. The Bertz CT molecular complexity index is 131. The van der Waals surface area contributed by atoms with Crippen molar-refractivity contribution >= 4 is 12.2 Å². The molecule has 0 radical (unpaired) electrons. The molecular formula is C6H9NO2. The monoisotopic (exact) mass is 127 g/mol. The van der Waals surface area contributed by atoms with Gasteiger partial charge in [-0.15, -0.1) is 0 Å². The van der Waals surface area contributed by atoms with E-state index in [4.69, 9.17) is 4.74 Å². The smallest absolute Gasteiger partial charge is 0.183 e. The van der Waals surface area contributed by atoms with Crippen molar-refractivity contribution in [2.75, 3.05) is 13.2 Å². The molecule has 0 aromatic carbocycles. The standard InChI is InChI=1S/C6H9NO2/c8-4-1-2-6-7-3-5-9-6/h4H,1-3,5H2. The minimum atomic E-state index is 0.527. The van der Waals surface area contributed by atoms with Crippen LogP contribution >= 0.6 is 0 Å². The van der Waals surface area contributed by atoms with E-state index >= 15 is 0 Å². The fraction of sp³-hybridized carbons (Fsp3) is 0.667. The van der Waals surface area contributed by atoms with Gasteiger partial charge >= 0.3 is 0 Å². The van der Waals surface area contributed by atoms with Crippen LogP contribution in [-0.4, -0.2) is 25.3 Å². The van der Waals surface area contributed by atoms with E-state index in [-0.39, 0.29) is 0 Å². The molecule has 0 aliphatic carbocycles. The second kappa shape index (κ2) is 3.22.